The van der Waals surface area contributed by atoms with E-state index in [2.05, 4.69) is 15.2 Å². The minimum Gasteiger partial charge on any atom is -0.439 e. The maximum absolute atomic E-state index is 12.9. The summed E-state index contributed by atoms with van der Waals surface area (Å²) in [5, 5.41) is 2.57. The molecule has 4 rings (SSSR count). The molecule has 1 amide bonds. The largest absolute Gasteiger partial charge is 0.439 e. The van der Waals surface area contributed by atoms with E-state index in [4.69, 9.17) is 4.42 Å². The fourth-order valence-corrected chi connectivity index (χ4v) is 3.86. The Kier molecular flexibility index (Phi) is 6.48. The fourth-order valence-electron chi connectivity index (χ4n) is 3.86. The van der Waals surface area contributed by atoms with Gasteiger partial charge in [0.1, 0.15) is 5.52 Å². The number of nitrogens with zero attached hydrogens (tertiary/aromatic N) is 3. The van der Waals surface area contributed by atoms with E-state index in [0.29, 0.717) is 19.0 Å². The Morgan fingerprint density at radius 3 is 2.69 bits per heavy atom. The molecular formula is C23H25F3N4O2. The van der Waals surface area contributed by atoms with Gasteiger partial charge in [0.05, 0.1) is 18.7 Å². The third-order valence-corrected chi connectivity index (χ3v) is 5.47. The fraction of sp³-hybridized carbons (Fsp3) is 0.391. The normalized spacial score (nSPS) is 16.2. The molecule has 1 aromatic heterocycles. The molecule has 1 saturated heterocycles. The van der Waals surface area contributed by atoms with Crippen LogP contribution in [0.5, 0.6) is 0 Å². The van der Waals surface area contributed by atoms with Crippen LogP contribution < -0.4 is 5.32 Å². The highest BCUT2D eigenvalue weighted by Crippen LogP contribution is 2.30. The van der Waals surface area contributed by atoms with Crippen LogP contribution in [0.3, 0.4) is 0 Å². The van der Waals surface area contributed by atoms with Gasteiger partial charge in [-0.1, -0.05) is 12.1 Å². The molecule has 2 aromatic carbocycles. The molecule has 170 valence electrons. The Labute approximate surface area is 184 Å². The van der Waals surface area contributed by atoms with E-state index in [9.17, 15) is 18.0 Å². The summed E-state index contributed by atoms with van der Waals surface area (Å²) in [5.74, 6) is 0.341. The lowest BCUT2D eigenvalue weighted by Gasteiger charge is -2.20. The van der Waals surface area contributed by atoms with Gasteiger partial charge >= 0.3 is 6.18 Å². The van der Waals surface area contributed by atoms with Crippen molar-refractivity contribution in [2.75, 3.05) is 38.0 Å². The molecule has 0 unspecified atom stereocenters. The highest BCUT2D eigenvalue weighted by Gasteiger charge is 2.30. The van der Waals surface area contributed by atoms with Crippen LogP contribution in [0, 0.1) is 6.92 Å². The molecule has 0 bridgehead atoms. The zero-order valence-corrected chi connectivity index (χ0v) is 17.8. The number of fused-ring (bicyclic) bond motifs is 1. The third-order valence-electron chi connectivity index (χ3n) is 5.47. The van der Waals surface area contributed by atoms with E-state index in [1.165, 1.54) is 12.1 Å². The van der Waals surface area contributed by atoms with Crippen molar-refractivity contribution in [3.8, 4) is 0 Å². The predicted octanol–water partition coefficient (Wildman–Crippen LogP) is 4.30. The molecule has 0 saturated carbocycles. The first kappa shape index (κ1) is 22.3. The van der Waals surface area contributed by atoms with Crippen LogP contribution in [-0.4, -0.2) is 53.4 Å². The van der Waals surface area contributed by atoms with Crippen LogP contribution in [-0.2, 0) is 17.5 Å². The highest BCUT2D eigenvalue weighted by atomic mass is 19.4. The Morgan fingerprint density at radius 2 is 1.88 bits per heavy atom. The van der Waals surface area contributed by atoms with E-state index in [0.717, 1.165) is 54.9 Å². The van der Waals surface area contributed by atoms with Crippen molar-refractivity contribution in [2.45, 2.75) is 26.1 Å². The first-order valence-electron chi connectivity index (χ1n) is 10.5. The first-order chi connectivity index (χ1) is 15.3. The molecule has 32 heavy (non-hydrogen) atoms. The molecule has 0 radical (unpaired) electrons. The molecule has 6 nitrogen and oxygen atoms in total. The van der Waals surface area contributed by atoms with Crippen molar-refractivity contribution in [1.29, 1.82) is 0 Å². The van der Waals surface area contributed by atoms with E-state index in [-0.39, 0.29) is 18.1 Å². The van der Waals surface area contributed by atoms with Crippen molar-refractivity contribution < 1.29 is 22.4 Å². The maximum atomic E-state index is 12.9. The summed E-state index contributed by atoms with van der Waals surface area (Å²) in [6, 6.07) is 10.6. The number of rotatable bonds is 5. The average Bonchev–Trinajstić information content (AvgIpc) is 2.99. The van der Waals surface area contributed by atoms with Gasteiger partial charge in [-0.25, -0.2) is 4.98 Å². The number of anilines is 1. The van der Waals surface area contributed by atoms with Crippen LogP contribution in [0.2, 0.25) is 0 Å². The minimum atomic E-state index is -4.44. The maximum Gasteiger partial charge on any atom is 0.416 e. The van der Waals surface area contributed by atoms with Crippen LogP contribution in [0.15, 0.2) is 46.9 Å². The number of carbonyl (C=O) groups is 1. The smallest absolute Gasteiger partial charge is 0.416 e. The molecule has 0 aliphatic carbocycles. The van der Waals surface area contributed by atoms with Gasteiger partial charge in [0.25, 0.3) is 0 Å². The summed E-state index contributed by atoms with van der Waals surface area (Å²) in [4.78, 5) is 21.2. The number of alkyl halides is 3. The minimum absolute atomic E-state index is 0.131. The zero-order valence-electron chi connectivity index (χ0n) is 17.8. The van der Waals surface area contributed by atoms with Crippen molar-refractivity contribution >= 4 is 22.7 Å². The van der Waals surface area contributed by atoms with Gasteiger partial charge in [0, 0.05) is 18.8 Å². The second kappa shape index (κ2) is 9.30. The number of hydrogen-bond acceptors (Lipinski definition) is 5. The van der Waals surface area contributed by atoms with Crippen molar-refractivity contribution in [2.24, 2.45) is 0 Å². The number of nitrogens with one attached hydrogen (secondary N) is 1. The van der Waals surface area contributed by atoms with Gasteiger partial charge < -0.3 is 9.73 Å². The SMILES string of the molecule is Cc1ccc2nc(CN3CCCN(CC(=O)Nc4cccc(C(F)(F)F)c4)CC3)oc2c1. The predicted molar refractivity (Wildman–Crippen MR) is 115 cm³/mol. The van der Waals surface area contributed by atoms with Gasteiger partial charge in [-0.3, -0.25) is 14.6 Å². The summed E-state index contributed by atoms with van der Waals surface area (Å²) in [6.45, 7) is 5.74. The van der Waals surface area contributed by atoms with E-state index >= 15 is 0 Å². The Morgan fingerprint density at radius 1 is 1.09 bits per heavy atom. The van der Waals surface area contributed by atoms with Gasteiger partial charge in [0.2, 0.25) is 11.8 Å². The van der Waals surface area contributed by atoms with Gasteiger partial charge in [-0.2, -0.15) is 13.2 Å². The van der Waals surface area contributed by atoms with E-state index in [1.54, 1.807) is 0 Å². The molecule has 3 aromatic rings. The van der Waals surface area contributed by atoms with Crippen molar-refractivity contribution in [3.05, 3.63) is 59.5 Å². The summed E-state index contributed by atoms with van der Waals surface area (Å²) in [5.41, 5.74) is 2.10. The molecule has 0 spiro atoms. The van der Waals surface area contributed by atoms with Crippen LogP contribution >= 0.6 is 0 Å². The number of aryl methyl sites for hydroxylation is 1. The lowest BCUT2D eigenvalue weighted by molar-refractivity contribution is -0.137. The molecule has 1 aliphatic rings. The number of carbonyl (C=O) groups excluding carboxylic acids is 1. The number of hydrogen-bond donors (Lipinski definition) is 1. The van der Waals surface area contributed by atoms with E-state index < -0.39 is 11.7 Å². The number of aromatic nitrogens is 1. The van der Waals surface area contributed by atoms with Gasteiger partial charge in [-0.15, -0.1) is 0 Å². The second-order valence-electron chi connectivity index (χ2n) is 8.11. The molecule has 1 N–H and O–H groups in total. The summed E-state index contributed by atoms with van der Waals surface area (Å²) >= 11 is 0. The van der Waals surface area contributed by atoms with Gasteiger partial charge in [-0.05, 0) is 62.3 Å². The third kappa shape index (κ3) is 5.66. The van der Waals surface area contributed by atoms with E-state index in [1.807, 2.05) is 30.0 Å². The highest BCUT2D eigenvalue weighted by molar-refractivity contribution is 5.92. The topological polar surface area (TPSA) is 61.6 Å². The van der Waals surface area contributed by atoms with Crippen molar-refractivity contribution in [1.82, 2.24) is 14.8 Å². The lowest BCUT2D eigenvalue weighted by Crippen LogP contribution is -2.36. The number of benzene rings is 2. The standard InChI is InChI=1S/C23H25F3N4O2/c1-16-6-7-19-20(12-16)32-22(28-19)15-30-9-3-8-29(10-11-30)14-21(31)27-18-5-2-4-17(13-18)23(24,25)26/h2,4-7,12-13H,3,8-11,14-15H2,1H3,(H,27,31). The molecular weight excluding hydrogens is 421 g/mol. The first-order valence-corrected chi connectivity index (χ1v) is 10.5. The molecule has 1 aliphatic heterocycles. The monoisotopic (exact) mass is 446 g/mol. The Bertz CT molecular complexity index is 1100. The number of halogens is 3. The zero-order chi connectivity index (χ0) is 22.7. The number of oxazole rings is 1. The summed E-state index contributed by atoms with van der Waals surface area (Å²) in [7, 11) is 0. The molecule has 9 heteroatoms. The Balaban J connectivity index is 1.29. The summed E-state index contributed by atoms with van der Waals surface area (Å²) < 4.78 is 44.4. The number of amides is 1. The van der Waals surface area contributed by atoms with Crippen LogP contribution in [0.1, 0.15) is 23.4 Å². The summed E-state index contributed by atoms with van der Waals surface area (Å²) in [6.07, 6.45) is -3.57. The van der Waals surface area contributed by atoms with Crippen LogP contribution in [0.4, 0.5) is 18.9 Å². The molecule has 2 heterocycles. The van der Waals surface area contributed by atoms with Gasteiger partial charge in [0.15, 0.2) is 5.58 Å². The average molecular weight is 446 g/mol. The quantitative estimate of drug-likeness (QED) is 0.633. The Hall–Kier alpha value is -2.91. The molecule has 1 fully saturated rings. The molecule has 0 atom stereocenters. The van der Waals surface area contributed by atoms with Crippen molar-refractivity contribution in [3.63, 3.8) is 0 Å². The van der Waals surface area contributed by atoms with Crippen LogP contribution in [0.25, 0.3) is 11.1 Å². The second-order valence-corrected chi connectivity index (χ2v) is 8.11. The lowest BCUT2D eigenvalue weighted by atomic mass is 10.2.